The van der Waals surface area contributed by atoms with Crippen molar-refractivity contribution in [2.75, 3.05) is 11.8 Å². The third-order valence-electron chi connectivity index (χ3n) is 4.99. The van der Waals surface area contributed by atoms with Crippen molar-refractivity contribution in [1.29, 1.82) is 0 Å². The number of carbonyl (C=O) groups excluding carboxylic acids is 2. The topological polar surface area (TPSA) is 102 Å². The molecule has 0 saturated carbocycles. The van der Waals surface area contributed by atoms with Gasteiger partial charge in [0.1, 0.15) is 0 Å². The van der Waals surface area contributed by atoms with E-state index in [1.807, 2.05) is 37.3 Å². The predicted octanol–water partition coefficient (Wildman–Crippen LogP) is 4.07. The second-order valence-corrected chi connectivity index (χ2v) is 8.91. The zero-order chi connectivity index (χ0) is 23.3. The van der Waals surface area contributed by atoms with Crippen molar-refractivity contribution in [2.24, 2.45) is 0 Å². The molecule has 0 aliphatic carbocycles. The Balaban J connectivity index is 1.87. The first-order valence-corrected chi connectivity index (χ1v) is 11.4. The average Bonchev–Trinajstić information content (AvgIpc) is 2.79. The van der Waals surface area contributed by atoms with Gasteiger partial charge in [0.2, 0.25) is 0 Å². The summed E-state index contributed by atoms with van der Waals surface area (Å²) in [5.74, 6) is -1.05. The average molecular weight is 453 g/mol. The molecule has 0 bridgehead atoms. The van der Waals surface area contributed by atoms with Crippen LogP contribution in [0.15, 0.2) is 77.7 Å². The molecule has 166 valence electrons. The number of esters is 1. The molecule has 3 aromatic carbocycles. The molecule has 0 radical (unpaired) electrons. The van der Waals surface area contributed by atoms with E-state index in [0.29, 0.717) is 5.56 Å². The largest absolute Gasteiger partial charge is 0.465 e. The fraction of sp³-hybridized carbons (Fsp3) is 0.167. The zero-order valence-electron chi connectivity index (χ0n) is 18.0. The molecule has 1 amide bonds. The molecular weight excluding hydrogens is 428 g/mol. The van der Waals surface area contributed by atoms with Crippen molar-refractivity contribution in [3.8, 4) is 0 Å². The monoisotopic (exact) mass is 452 g/mol. The molecule has 0 aromatic heterocycles. The number of ether oxygens (including phenoxy) is 1. The lowest BCUT2D eigenvalue weighted by Crippen LogP contribution is -2.28. The first-order chi connectivity index (χ1) is 15.2. The van der Waals surface area contributed by atoms with Gasteiger partial charge in [0.25, 0.3) is 15.9 Å². The third kappa shape index (κ3) is 5.15. The molecule has 3 rings (SSSR count). The number of rotatable bonds is 7. The normalized spacial score (nSPS) is 12.0. The number of hydrogen-bond donors (Lipinski definition) is 2. The van der Waals surface area contributed by atoms with Crippen molar-refractivity contribution in [3.63, 3.8) is 0 Å². The van der Waals surface area contributed by atoms with E-state index in [1.165, 1.54) is 31.4 Å². The highest BCUT2D eigenvalue weighted by molar-refractivity contribution is 7.92. The fourth-order valence-electron chi connectivity index (χ4n) is 3.17. The molecule has 0 aliphatic heterocycles. The van der Waals surface area contributed by atoms with Crippen LogP contribution in [0.4, 0.5) is 5.69 Å². The van der Waals surface area contributed by atoms with E-state index in [1.54, 1.807) is 25.1 Å². The van der Waals surface area contributed by atoms with Gasteiger partial charge < -0.3 is 10.1 Å². The molecule has 0 spiro atoms. The van der Waals surface area contributed by atoms with Crippen LogP contribution in [0, 0.1) is 6.92 Å². The summed E-state index contributed by atoms with van der Waals surface area (Å²) in [6, 6.07) is 19.7. The molecular formula is C24H24N2O5S. The van der Waals surface area contributed by atoms with Gasteiger partial charge in [0.15, 0.2) is 0 Å². The van der Waals surface area contributed by atoms with Gasteiger partial charge in [-0.15, -0.1) is 0 Å². The van der Waals surface area contributed by atoms with Crippen molar-refractivity contribution < 1.29 is 22.7 Å². The highest BCUT2D eigenvalue weighted by Gasteiger charge is 2.22. The minimum atomic E-state index is -4.07. The maximum absolute atomic E-state index is 13.0. The van der Waals surface area contributed by atoms with Crippen LogP contribution >= 0.6 is 0 Å². The highest BCUT2D eigenvalue weighted by Crippen LogP contribution is 2.23. The number of aryl methyl sites for hydroxylation is 1. The summed E-state index contributed by atoms with van der Waals surface area (Å²) in [6.45, 7) is 3.53. The summed E-state index contributed by atoms with van der Waals surface area (Å²) in [6.07, 6.45) is 0. The Kier molecular flexibility index (Phi) is 6.95. The zero-order valence-corrected chi connectivity index (χ0v) is 18.8. The summed E-state index contributed by atoms with van der Waals surface area (Å²) in [4.78, 5) is 24.7. The minimum Gasteiger partial charge on any atom is -0.465 e. The summed E-state index contributed by atoms with van der Waals surface area (Å²) in [7, 11) is -2.84. The molecule has 0 heterocycles. The van der Waals surface area contributed by atoms with Gasteiger partial charge in [-0.1, -0.05) is 48.5 Å². The Labute approximate surface area is 187 Å². The molecule has 8 heteroatoms. The summed E-state index contributed by atoms with van der Waals surface area (Å²) in [5.41, 5.74) is 1.97. The molecule has 2 N–H and O–H groups in total. The maximum Gasteiger partial charge on any atom is 0.338 e. The van der Waals surface area contributed by atoms with Gasteiger partial charge in [-0.2, -0.15) is 0 Å². The quantitative estimate of drug-likeness (QED) is 0.526. The Bertz CT molecular complexity index is 1240. The van der Waals surface area contributed by atoms with Crippen LogP contribution in [0.3, 0.4) is 0 Å². The van der Waals surface area contributed by atoms with Crippen molar-refractivity contribution >= 4 is 27.6 Å². The minimum absolute atomic E-state index is 0.114. The number of amides is 1. The molecule has 32 heavy (non-hydrogen) atoms. The number of sulfonamides is 1. The second kappa shape index (κ2) is 9.65. The van der Waals surface area contributed by atoms with E-state index < -0.39 is 21.9 Å². The van der Waals surface area contributed by atoms with Crippen LogP contribution in [0.5, 0.6) is 0 Å². The molecule has 7 nitrogen and oxygen atoms in total. The highest BCUT2D eigenvalue weighted by atomic mass is 32.2. The van der Waals surface area contributed by atoms with E-state index in [0.717, 1.165) is 5.56 Å². The van der Waals surface area contributed by atoms with E-state index in [9.17, 15) is 18.0 Å². The lowest BCUT2D eigenvalue weighted by molar-refractivity contribution is 0.0599. The molecule has 0 aliphatic rings. The van der Waals surface area contributed by atoms with Gasteiger partial charge in [0.05, 0.1) is 34.9 Å². The standard InChI is InChI=1S/C24H24N2O5S/c1-16-13-14-19(15-21(16)24(28)31-3)32(29,30)26-22-12-8-7-11-20(22)23(27)25-17(2)18-9-5-4-6-10-18/h4-15,17,26H,1-3H3,(H,25,27)/t17-/m1/s1. The van der Waals surface area contributed by atoms with Crippen LogP contribution in [0.2, 0.25) is 0 Å². The van der Waals surface area contributed by atoms with Crippen molar-refractivity contribution in [3.05, 3.63) is 95.1 Å². The van der Waals surface area contributed by atoms with Gasteiger partial charge in [-0.3, -0.25) is 9.52 Å². The second-order valence-electron chi connectivity index (χ2n) is 7.23. The molecule has 3 aromatic rings. The Morgan fingerprint density at radius 1 is 0.906 bits per heavy atom. The van der Waals surface area contributed by atoms with Gasteiger partial charge >= 0.3 is 5.97 Å². The first kappa shape index (κ1) is 23.0. The van der Waals surface area contributed by atoms with E-state index >= 15 is 0 Å². The van der Waals surface area contributed by atoms with Crippen molar-refractivity contribution in [1.82, 2.24) is 5.32 Å². The number of anilines is 1. The van der Waals surface area contributed by atoms with E-state index in [4.69, 9.17) is 4.74 Å². The number of carbonyl (C=O) groups is 2. The summed E-state index contributed by atoms with van der Waals surface area (Å²) < 4.78 is 33.2. The molecule has 0 fully saturated rings. The Morgan fingerprint density at radius 3 is 2.25 bits per heavy atom. The predicted molar refractivity (Wildman–Crippen MR) is 122 cm³/mol. The number of methoxy groups -OCH3 is 1. The number of nitrogens with one attached hydrogen (secondary N) is 2. The lowest BCUT2D eigenvalue weighted by Gasteiger charge is -2.17. The van der Waals surface area contributed by atoms with Crippen LogP contribution in [-0.4, -0.2) is 27.4 Å². The van der Waals surface area contributed by atoms with Crippen LogP contribution in [-0.2, 0) is 14.8 Å². The van der Waals surface area contributed by atoms with Crippen LogP contribution < -0.4 is 10.0 Å². The maximum atomic E-state index is 13.0. The van der Waals surface area contributed by atoms with Gasteiger partial charge in [-0.25, -0.2) is 13.2 Å². The SMILES string of the molecule is COC(=O)c1cc(S(=O)(=O)Nc2ccccc2C(=O)N[C@H](C)c2ccccc2)ccc1C. The first-order valence-electron chi connectivity index (χ1n) is 9.89. The van der Waals surface area contributed by atoms with E-state index in [2.05, 4.69) is 10.0 Å². The van der Waals surface area contributed by atoms with E-state index in [-0.39, 0.29) is 27.8 Å². The lowest BCUT2D eigenvalue weighted by atomic mass is 10.1. The number of para-hydroxylation sites is 1. The van der Waals surface area contributed by atoms with Crippen LogP contribution in [0.25, 0.3) is 0 Å². The Morgan fingerprint density at radius 2 is 1.56 bits per heavy atom. The van der Waals surface area contributed by atoms with Crippen molar-refractivity contribution in [2.45, 2.75) is 24.8 Å². The van der Waals surface area contributed by atoms with Gasteiger partial charge in [0, 0.05) is 0 Å². The smallest absolute Gasteiger partial charge is 0.338 e. The number of hydrogen-bond acceptors (Lipinski definition) is 5. The molecule has 0 saturated heterocycles. The summed E-state index contributed by atoms with van der Waals surface area (Å²) in [5, 5.41) is 2.88. The molecule has 0 unspecified atom stereocenters. The molecule has 1 atom stereocenters. The fourth-order valence-corrected chi connectivity index (χ4v) is 4.28. The third-order valence-corrected chi connectivity index (χ3v) is 6.35. The van der Waals surface area contributed by atoms with Gasteiger partial charge in [-0.05, 0) is 49.2 Å². The Hall–Kier alpha value is -3.65. The summed E-state index contributed by atoms with van der Waals surface area (Å²) >= 11 is 0. The number of benzene rings is 3. The van der Waals surface area contributed by atoms with Crippen LogP contribution in [0.1, 0.15) is 44.8 Å².